The van der Waals surface area contributed by atoms with Crippen molar-refractivity contribution in [2.45, 2.75) is 51.2 Å². The molecule has 2 saturated heterocycles. The second-order valence-corrected chi connectivity index (χ2v) is 6.81. The Morgan fingerprint density at radius 3 is 2.81 bits per heavy atom. The molecule has 0 aromatic rings. The molecule has 0 bridgehead atoms. The average Bonchev–Trinajstić information content (AvgIpc) is 3.26. The fourth-order valence-corrected chi connectivity index (χ4v) is 3.01. The maximum absolute atomic E-state index is 12.8. The van der Waals surface area contributed by atoms with E-state index in [0.717, 1.165) is 0 Å². The van der Waals surface area contributed by atoms with Gasteiger partial charge in [0.2, 0.25) is 6.29 Å². The molecule has 13 heteroatoms. The van der Waals surface area contributed by atoms with Crippen LogP contribution < -0.4 is 5.32 Å². The first kappa shape index (κ1) is 24.0. The second kappa shape index (κ2) is 10.7. The first-order valence-electron chi connectivity index (χ1n) is 9.30. The van der Waals surface area contributed by atoms with Gasteiger partial charge in [-0.25, -0.2) is 9.59 Å². The summed E-state index contributed by atoms with van der Waals surface area (Å²) in [5, 5.41) is 11.9. The molecule has 2 aliphatic heterocycles. The number of thiocarbonyl (C=S) groups is 1. The van der Waals surface area contributed by atoms with E-state index in [4.69, 9.17) is 36.5 Å². The molecular formula is C18H21N3O9S. The lowest BCUT2D eigenvalue weighted by atomic mass is 10.1. The van der Waals surface area contributed by atoms with Gasteiger partial charge in [0, 0.05) is 25.8 Å². The van der Waals surface area contributed by atoms with Crippen molar-refractivity contribution < 1.29 is 43.0 Å². The van der Waals surface area contributed by atoms with E-state index in [9.17, 15) is 19.2 Å². The Labute approximate surface area is 182 Å². The summed E-state index contributed by atoms with van der Waals surface area (Å²) < 4.78 is 19.5. The molecule has 0 aromatic carbocycles. The maximum atomic E-state index is 12.8. The van der Waals surface area contributed by atoms with Crippen LogP contribution in [0.5, 0.6) is 0 Å². The number of nitrogens with zero attached hydrogens (tertiary/aromatic N) is 2. The second-order valence-electron chi connectivity index (χ2n) is 6.32. The van der Waals surface area contributed by atoms with E-state index in [1.54, 1.807) is 6.92 Å². The van der Waals surface area contributed by atoms with Crippen LogP contribution in [-0.4, -0.2) is 65.3 Å². The van der Waals surface area contributed by atoms with E-state index in [1.807, 2.05) is 6.07 Å². The van der Waals surface area contributed by atoms with Crippen LogP contribution in [0.4, 0.5) is 4.79 Å². The Morgan fingerprint density at radius 2 is 2.19 bits per heavy atom. The molecule has 1 amide bonds. The number of allylic oxidation sites excluding steroid dienone is 1. The van der Waals surface area contributed by atoms with Gasteiger partial charge in [-0.2, -0.15) is 10.3 Å². The number of carbonyl (C=O) groups excluding carboxylic acids is 4. The standard InChI is InChI=1S/C18H21N3O9S/c1-3-26-17(25)29-11(2)28-16(24)18(8-7-14(22)30-18)21-15(23)12(10-27-21)20-13(31)6-4-5-9-19/h4-5,11-12H,3,6-8,10H2,1-2H3,(H,20,31)/b5-4-/t11?,12-,18?/m0/s1. The summed E-state index contributed by atoms with van der Waals surface area (Å²) in [6.45, 7) is 2.68. The molecule has 0 aromatic heterocycles. The molecular weight excluding hydrogens is 434 g/mol. The Hall–Kier alpha value is -3.24. The molecule has 168 valence electrons. The number of cyclic esters (lactones) is 1. The predicted molar refractivity (Wildman–Crippen MR) is 103 cm³/mol. The predicted octanol–water partition coefficient (Wildman–Crippen LogP) is 0.611. The largest absolute Gasteiger partial charge is 0.511 e. The van der Waals surface area contributed by atoms with Gasteiger partial charge in [-0.3, -0.25) is 14.4 Å². The summed E-state index contributed by atoms with van der Waals surface area (Å²) in [4.78, 5) is 54.4. The molecule has 2 rings (SSSR count). The van der Waals surface area contributed by atoms with Gasteiger partial charge in [0.15, 0.2) is 0 Å². The Morgan fingerprint density at radius 1 is 1.45 bits per heavy atom. The van der Waals surface area contributed by atoms with Crippen LogP contribution in [0, 0.1) is 11.3 Å². The molecule has 0 aliphatic carbocycles. The minimum atomic E-state index is -2.17. The van der Waals surface area contributed by atoms with Crippen molar-refractivity contribution in [1.29, 1.82) is 5.26 Å². The first-order chi connectivity index (χ1) is 14.7. The summed E-state index contributed by atoms with van der Waals surface area (Å²) in [6, 6.07) is 0.874. The highest BCUT2D eigenvalue weighted by Gasteiger charge is 2.60. The number of hydroxylamine groups is 2. The Kier molecular flexibility index (Phi) is 8.29. The number of nitrogens with one attached hydrogen (secondary N) is 1. The molecule has 31 heavy (non-hydrogen) atoms. The van der Waals surface area contributed by atoms with Gasteiger partial charge in [0.1, 0.15) is 12.6 Å². The van der Waals surface area contributed by atoms with Gasteiger partial charge >= 0.3 is 23.8 Å². The molecule has 3 atom stereocenters. The summed E-state index contributed by atoms with van der Waals surface area (Å²) >= 11 is 5.11. The zero-order valence-electron chi connectivity index (χ0n) is 16.8. The number of ether oxygens (including phenoxy) is 4. The number of amides is 1. The van der Waals surface area contributed by atoms with Crippen molar-refractivity contribution in [1.82, 2.24) is 10.4 Å². The van der Waals surface area contributed by atoms with Gasteiger partial charge in [-0.05, 0) is 6.92 Å². The van der Waals surface area contributed by atoms with Gasteiger partial charge in [0.25, 0.3) is 5.91 Å². The van der Waals surface area contributed by atoms with Crippen LogP contribution in [-0.2, 0) is 38.2 Å². The topological polar surface area (TPSA) is 153 Å². The van der Waals surface area contributed by atoms with E-state index in [2.05, 4.69) is 10.1 Å². The lowest BCUT2D eigenvalue weighted by Gasteiger charge is -2.33. The van der Waals surface area contributed by atoms with Crippen molar-refractivity contribution >= 4 is 41.2 Å². The fourth-order valence-electron chi connectivity index (χ4n) is 2.77. The first-order valence-corrected chi connectivity index (χ1v) is 9.71. The molecule has 1 N–H and O–H groups in total. The van der Waals surface area contributed by atoms with E-state index in [0.29, 0.717) is 5.06 Å². The zero-order chi connectivity index (χ0) is 23.0. The average molecular weight is 455 g/mol. The Bertz CT molecular complexity index is 825. The highest BCUT2D eigenvalue weighted by molar-refractivity contribution is 7.80. The highest BCUT2D eigenvalue weighted by atomic mass is 32.1. The SMILES string of the molecule is CCOC(=O)OC(C)OC(=O)C1(N2OC[C@H](NC(=S)C/C=C\C#N)C2=O)CCC(=O)O1. The molecule has 2 fully saturated rings. The van der Waals surface area contributed by atoms with Gasteiger partial charge in [0.05, 0.1) is 24.1 Å². The molecule has 2 aliphatic rings. The Balaban J connectivity index is 2.09. The quantitative estimate of drug-likeness (QED) is 0.179. The van der Waals surface area contributed by atoms with E-state index < -0.39 is 42.1 Å². The summed E-state index contributed by atoms with van der Waals surface area (Å²) in [6.07, 6.45) is 0.157. The molecule has 0 radical (unpaired) electrons. The number of nitriles is 1. The fraction of sp³-hybridized carbons (Fsp3) is 0.556. The third-order valence-corrected chi connectivity index (χ3v) is 4.38. The van der Waals surface area contributed by atoms with Gasteiger partial charge in [-0.15, -0.1) is 0 Å². The number of hydrogen-bond donors (Lipinski definition) is 1. The molecule has 2 heterocycles. The minimum Gasteiger partial charge on any atom is -0.435 e. The van der Waals surface area contributed by atoms with Crippen molar-refractivity contribution in [3.8, 4) is 6.07 Å². The zero-order valence-corrected chi connectivity index (χ0v) is 17.6. The van der Waals surface area contributed by atoms with Crippen LogP contribution >= 0.6 is 12.2 Å². The number of carbonyl (C=O) groups is 4. The van der Waals surface area contributed by atoms with Gasteiger partial charge in [-0.1, -0.05) is 18.3 Å². The number of esters is 2. The monoisotopic (exact) mass is 455 g/mol. The minimum absolute atomic E-state index is 0.0553. The molecule has 0 saturated carbocycles. The molecule has 0 spiro atoms. The lowest BCUT2D eigenvalue weighted by Crippen LogP contribution is -2.57. The van der Waals surface area contributed by atoms with Crippen molar-refractivity contribution in [2.75, 3.05) is 13.2 Å². The lowest BCUT2D eigenvalue weighted by molar-refractivity contribution is -0.265. The normalized spacial score (nSPS) is 23.8. The summed E-state index contributed by atoms with van der Waals surface area (Å²) in [5.41, 5.74) is -2.17. The maximum Gasteiger partial charge on any atom is 0.511 e. The van der Waals surface area contributed by atoms with E-state index in [-0.39, 0.29) is 37.5 Å². The van der Waals surface area contributed by atoms with Crippen molar-refractivity contribution in [3.63, 3.8) is 0 Å². The van der Waals surface area contributed by atoms with E-state index >= 15 is 0 Å². The third kappa shape index (κ3) is 5.89. The van der Waals surface area contributed by atoms with Crippen molar-refractivity contribution in [2.24, 2.45) is 0 Å². The molecule has 2 unspecified atom stereocenters. The van der Waals surface area contributed by atoms with Crippen LogP contribution in [0.15, 0.2) is 12.2 Å². The van der Waals surface area contributed by atoms with Gasteiger partial charge < -0.3 is 24.3 Å². The summed E-state index contributed by atoms with van der Waals surface area (Å²) in [7, 11) is 0. The third-order valence-electron chi connectivity index (χ3n) is 4.09. The van der Waals surface area contributed by atoms with E-state index in [1.165, 1.54) is 19.1 Å². The van der Waals surface area contributed by atoms with Crippen LogP contribution in [0.2, 0.25) is 0 Å². The van der Waals surface area contributed by atoms with Crippen LogP contribution in [0.25, 0.3) is 0 Å². The van der Waals surface area contributed by atoms with Crippen molar-refractivity contribution in [3.05, 3.63) is 12.2 Å². The number of hydrogen-bond acceptors (Lipinski definition) is 11. The van der Waals surface area contributed by atoms with Crippen LogP contribution in [0.3, 0.4) is 0 Å². The number of rotatable bonds is 8. The smallest absolute Gasteiger partial charge is 0.435 e. The molecule has 12 nitrogen and oxygen atoms in total. The highest BCUT2D eigenvalue weighted by Crippen LogP contribution is 2.35. The summed E-state index contributed by atoms with van der Waals surface area (Å²) in [5.74, 6) is -2.60. The van der Waals surface area contributed by atoms with Crippen LogP contribution in [0.1, 0.15) is 33.1 Å².